The highest BCUT2D eigenvalue weighted by atomic mass is 16.6. The molecular formula is C13H23NO4. The minimum atomic E-state index is -1.59. The van der Waals surface area contributed by atoms with Gasteiger partial charge in [-0.1, -0.05) is 44.9 Å². The number of nitrogens with two attached hydrogens (primary N) is 1. The van der Waals surface area contributed by atoms with E-state index in [0.29, 0.717) is 6.42 Å². The normalized spacial score (nSPS) is 18.3. The molecule has 1 atom stereocenters. The van der Waals surface area contributed by atoms with Gasteiger partial charge in [-0.3, -0.25) is 5.73 Å². The predicted octanol–water partition coefficient (Wildman–Crippen LogP) is 2.04. The van der Waals surface area contributed by atoms with Crippen molar-refractivity contribution in [1.29, 1.82) is 0 Å². The summed E-state index contributed by atoms with van der Waals surface area (Å²) in [7, 11) is 0. The molecule has 3 N–H and O–H groups in total. The van der Waals surface area contributed by atoms with E-state index in [4.69, 9.17) is 10.8 Å². The summed E-state index contributed by atoms with van der Waals surface area (Å²) in [5.74, 6) is -2.01. The second-order valence-electron chi connectivity index (χ2n) is 5.04. The first kappa shape index (κ1) is 15.0. The molecule has 5 heteroatoms. The Labute approximate surface area is 108 Å². The second-order valence-corrected chi connectivity index (χ2v) is 5.04. The smallest absolute Gasteiger partial charge is 0.418 e. The first-order chi connectivity index (χ1) is 8.59. The molecule has 0 saturated heterocycles. The fourth-order valence-corrected chi connectivity index (χ4v) is 2.50. The van der Waals surface area contributed by atoms with Gasteiger partial charge in [0.2, 0.25) is 0 Å². The van der Waals surface area contributed by atoms with E-state index in [0.717, 1.165) is 18.8 Å². The number of unbranched alkanes of at least 4 members (excludes halogenated alkanes) is 1. The number of carbonyl (C=O) groups excluding carboxylic acids is 1. The lowest BCUT2D eigenvalue weighted by Crippen LogP contribution is -2.30. The van der Waals surface area contributed by atoms with Crippen LogP contribution in [-0.2, 0) is 14.3 Å². The molecule has 1 aliphatic carbocycles. The van der Waals surface area contributed by atoms with Crippen molar-refractivity contribution in [3.05, 3.63) is 0 Å². The van der Waals surface area contributed by atoms with E-state index >= 15 is 0 Å². The topological polar surface area (TPSA) is 89.6 Å². The third-order valence-electron chi connectivity index (χ3n) is 3.51. The van der Waals surface area contributed by atoms with Crippen molar-refractivity contribution in [2.24, 2.45) is 11.7 Å². The lowest BCUT2D eigenvalue weighted by atomic mass is 9.85. The molecule has 0 amide bonds. The van der Waals surface area contributed by atoms with Crippen molar-refractivity contribution >= 4 is 11.9 Å². The Morgan fingerprint density at radius 1 is 1.22 bits per heavy atom. The highest BCUT2D eigenvalue weighted by Gasteiger charge is 2.17. The Hall–Kier alpha value is -1.10. The van der Waals surface area contributed by atoms with Crippen LogP contribution >= 0.6 is 0 Å². The summed E-state index contributed by atoms with van der Waals surface area (Å²) >= 11 is 0. The molecule has 1 fully saturated rings. The van der Waals surface area contributed by atoms with Crippen molar-refractivity contribution in [3.63, 3.8) is 0 Å². The van der Waals surface area contributed by atoms with Crippen molar-refractivity contribution in [3.8, 4) is 0 Å². The quantitative estimate of drug-likeness (QED) is 0.329. The Balaban J connectivity index is 2.02. The van der Waals surface area contributed by atoms with Crippen LogP contribution in [0.4, 0.5) is 0 Å². The van der Waals surface area contributed by atoms with Crippen LogP contribution in [0.2, 0.25) is 0 Å². The molecule has 0 aromatic rings. The van der Waals surface area contributed by atoms with Crippen molar-refractivity contribution in [2.75, 3.05) is 0 Å². The standard InChI is InChI=1S/C13H23NO4/c14-11(18-13(17)12(15)16)9-5-4-8-10-6-2-1-3-7-10/h10-11H,1-9,14H2,(H,15,16). The zero-order valence-electron chi connectivity index (χ0n) is 10.8. The summed E-state index contributed by atoms with van der Waals surface area (Å²) in [6.07, 6.45) is 9.63. The first-order valence-corrected chi connectivity index (χ1v) is 6.79. The summed E-state index contributed by atoms with van der Waals surface area (Å²) in [6.45, 7) is 0. The van der Waals surface area contributed by atoms with E-state index < -0.39 is 18.2 Å². The van der Waals surface area contributed by atoms with Gasteiger partial charge in [0.05, 0.1) is 0 Å². The summed E-state index contributed by atoms with van der Waals surface area (Å²) in [5, 5.41) is 8.34. The van der Waals surface area contributed by atoms with E-state index in [1.807, 2.05) is 0 Å². The fourth-order valence-electron chi connectivity index (χ4n) is 2.50. The Kier molecular flexibility index (Phi) is 6.72. The number of aliphatic carboxylic acids is 1. The minimum Gasteiger partial charge on any atom is -0.473 e. The van der Waals surface area contributed by atoms with Gasteiger partial charge in [-0.25, -0.2) is 9.59 Å². The Morgan fingerprint density at radius 3 is 2.50 bits per heavy atom. The van der Waals surface area contributed by atoms with Gasteiger partial charge in [0, 0.05) is 0 Å². The number of carbonyl (C=O) groups is 2. The zero-order chi connectivity index (χ0) is 13.4. The molecular weight excluding hydrogens is 234 g/mol. The van der Waals surface area contributed by atoms with Crippen LogP contribution in [0.5, 0.6) is 0 Å². The van der Waals surface area contributed by atoms with E-state index in [-0.39, 0.29) is 0 Å². The molecule has 1 unspecified atom stereocenters. The molecule has 0 aromatic carbocycles. The van der Waals surface area contributed by atoms with Gasteiger partial charge >= 0.3 is 11.9 Å². The van der Waals surface area contributed by atoms with E-state index in [1.54, 1.807) is 0 Å². The first-order valence-electron chi connectivity index (χ1n) is 6.79. The average molecular weight is 257 g/mol. The van der Waals surface area contributed by atoms with Gasteiger partial charge in [-0.2, -0.15) is 0 Å². The lowest BCUT2D eigenvalue weighted by molar-refractivity contribution is -0.167. The van der Waals surface area contributed by atoms with Crippen LogP contribution in [0, 0.1) is 5.92 Å². The van der Waals surface area contributed by atoms with Gasteiger partial charge in [0.1, 0.15) is 0 Å². The summed E-state index contributed by atoms with van der Waals surface area (Å²) in [4.78, 5) is 21.0. The van der Waals surface area contributed by atoms with Crippen LogP contribution < -0.4 is 5.73 Å². The molecule has 0 heterocycles. The number of ether oxygens (including phenoxy) is 1. The van der Waals surface area contributed by atoms with Gasteiger partial charge < -0.3 is 9.84 Å². The molecule has 0 aliphatic heterocycles. The third-order valence-corrected chi connectivity index (χ3v) is 3.51. The summed E-state index contributed by atoms with van der Waals surface area (Å²) in [5.41, 5.74) is 5.53. The Morgan fingerprint density at radius 2 is 1.89 bits per heavy atom. The molecule has 0 radical (unpaired) electrons. The van der Waals surface area contributed by atoms with Gasteiger partial charge in [0.25, 0.3) is 0 Å². The molecule has 5 nitrogen and oxygen atoms in total. The van der Waals surface area contributed by atoms with Gasteiger partial charge in [-0.15, -0.1) is 0 Å². The van der Waals surface area contributed by atoms with Gasteiger partial charge in [-0.05, 0) is 18.8 Å². The largest absolute Gasteiger partial charge is 0.473 e. The molecule has 18 heavy (non-hydrogen) atoms. The number of hydrogen-bond acceptors (Lipinski definition) is 4. The van der Waals surface area contributed by atoms with Crippen molar-refractivity contribution < 1.29 is 19.4 Å². The SMILES string of the molecule is NC(CCCCC1CCCCC1)OC(=O)C(=O)O. The maximum atomic E-state index is 10.7. The minimum absolute atomic E-state index is 0.533. The monoisotopic (exact) mass is 257 g/mol. The van der Waals surface area contributed by atoms with E-state index in [9.17, 15) is 9.59 Å². The molecule has 1 aliphatic rings. The average Bonchev–Trinajstić information content (AvgIpc) is 2.35. The Bertz CT molecular complexity index is 274. The maximum absolute atomic E-state index is 10.7. The summed E-state index contributed by atoms with van der Waals surface area (Å²) < 4.78 is 4.54. The highest BCUT2D eigenvalue weighted by molar-refractivity contribution is 6.28. The van der Waals surface area contributed by atoms with Crippen LogP contribution in [0.3, 0.4) is 0 Å². The fraction of sp³-hybridized carbons (Fsp3) is 0.846. The highest BCUT2D eigenvalue weighted by Crippen LogP contribution is 2.27. The van der Waals surface area contributed by atoms with Crippen LogP contribution in [0.25, 0.3) is 0 Å². The number of carboxylic acids is 1. The molecule has 104 valence electrons. The van der Waals surface area contributed by atoms with Crippen LogP contribution in [0.1, 0.15) is 57.8 Å². The van der Waals surface area contributed by atoms with Crippen molar-refractivity contribution in [2.45, 2.75) is 64.0 Å². The molecule has 0 spiro atoms. The zero-order valence-corrected chi connectivity index (χ0v) is 10.8. The maximum Gasteiger partial charge on any atom is 0.418 e. The van der Waals surface area contributed by atoms with Crippen molar-refractivity contribution in [1.82, 2.24) is 0 Å². The number of rotatable bonds is 6. The number of hydrogen-bond donors (Lipinski definition) is 2. The van der Waals surface area contributed by atoms with E-state index in [1.165, 1.54) is 38.5 Å². The van der Waals surface area contributed by atoms with E-state index in [2.05, 4.69) is 4.74 Å². The number of carboxylic acid groups (broad SMARTS) is 1. The third kappa shape index (κ3) is 6.00. The molecule has 1 rings (SSSR count). The molecule has 0 aromatic heterocycles. The van der Waals surface area contributed by atoms with Gasteiger partial charge in [0.15, 0.2) is 6.23 Å². The molecule has 1 saturated carbocycles. The van der Waals surface area contributed by atoms with Crippen LogP contribution in [-0.4, -0.2) is 23.3 Å². The predicted molar refractivity (Wildman–Crippen MR) is 66.7 cm³/mol. The second kappa shape index (κ2) is 8.08. The molecule has 0 bridgehead atoms. The number of esters is 1. The summed E-state index contributed by atoms with van der Waals surface area (Å²) in [6, 6.07) is 0. The van der Waals surface area contributed by atoms with Crippen LogP contribution in [0.15, 0.2) is 0 Å². The lowest BCUT2D eigenvalue weighted by Gasteiger charge is -2.21.